The number of carbonyl (C=O) groups is 2. The molecule has 2 N–H and O–H groups in total. The number of ether oxygens (including phenoxy) is 1. The summed E-state index contributed by atoms with van der Waals surface area (Å²) < 4.78 is 74.9. The third kappa shape index (κ3) is 10.7. The molecule has 0 saturated carbocycles. The fourth-order valence-electron chi connectivity index (χ4n) is 3.77. The van der Waals surface area contributed by atoms with Crippen LogP contribution in [-0.4, -0.2) is 88.7 Å². The van der Waals surface area contributed by atoms with E-state index in [0.717, 1.165) is 58.2 Å². The van der Waals surface area contributed by atoms with E-state index >= 15 is 0 Å². The van der Waals surface area contributed by atoms with Crippen LogP contribution in [0.15, 0.2) is 34.4 Å². The highest BCUT2D eigenvalue weighted by molar-refractivity contribution is 7.09. The Morgan fingerprint density at radius 2 is 1.62 bits per heavy atom. The van der Waals surface area contributed by atoms with Gasteiger partial charge in [0.25, 0.3) is 0 Å². The molecule has 9 nitrogen and oxygen atoms in total. The topological polar surface area (TPSA) is 116 Å². The van der Waals surface area contributed by atoms with Crippen molar-refractivity contribution in [1.29, 1.82) is 0 Å². The summed E-state index contributed by atoms with van der Waals surface area (Å²) in [5.41, 5.74) is 0.250. The minimum Gasteiger partial charge on any atom is -0.475 e. The Hall–Kier alpha value is -2.69. The van der Waals surface area contributed by atoms with Crippen LogP contribution in [0.25, 0.3) is 0 Å². The second-order valence-electron chi connectivity index (χ2n) is 8.33. The van der Waals surface area contributed by atoms with Crippen LogP contribution in [0.2, 0.25) is 0 Å². The maximum atomic E-state index is 10.6. The summed E-state index contributed by atoms with van der Waals surface area (Å²) in [6.07, 6.45) is -5.32. The standard InChI is InChI=1S/C17H23N3O2S.2C2HF3O2/c1-2-15(22-7-1)10-19-5-3-17(12-19)13-20(6-8-21-14-17)11-16-18-4-9-23-16;2*3-2(4,5)1(6)7/h1-2,4,7,9H,3,5-6,8,10-14H2;2*(H,6,7). The Labute approximate surface area is 211 Å². The van der Waals surface area contributed by atoms with Gasteiger partial charge in [-0.15, -0.1) is 11.3 Å². The van der Waals surface area contributed by atoms with Crippen LogP contribution in [0, 0.1) is 5.41 Å². The van der Waals surface area contributed by atoms with Crippen LogP contribution in [0.4, 0.5) is 26.3 Å². The summed E-state index contributed by atoms with van der Waals surface area (Å²) in [7, 11) is 0. The summed E-state index contributed by atoms with van der Waals surface area (Å²) in [5.74, 6) is -4.46. The van der Waals surface area contributed by atoms with Crippen LogP contribution >= 0.6 is 11.3 Å². The van der Waals surface area contributed by atoms with Crippen molar-refractivity contribution in [3.8, 4) is 0 Å². The van der Waals surface area contributed by atoms with Crippen LogP contribution in [0.3, 0.4) is 0 Å². The lowest BCUT2D eigenvalue weighted by Gasteiger charge is -2.31. The number of aliphatic carboxylic acids is 2. The van der Waals surface area contributed by atoms with Crippen LogP contribution in [0.1, 0.15) is 17.2 Å². The molecule has 2 aromatic heterocycles. The van der Waals surface area contributed by atoms with Gasteiger partial charge in [-0.3, -0.25) is 9.80 Å². The first kappa shape index (κ1) is 30.5. The first-order valence-electron chi connectivity index (χ1n) is 10.7. The molecule has 1 unspecified atom stereocenters. The van der Waals surface area contributed by atoms with Gasteiger partial charge < -0.3 is 19.4 Å². The molecule has 1 spiro atoms. The van der Waals surface area contributed by atoms with Crippen molar-refractivity contribution in [3.63, 3.8) is 0 Å². The van der Waals surface area contributed by atoms with Crippen molar-refractivity contribution in [2.75, 3.05) is 39.4 Å². The van der Waals surface area contributed by atoms with Gasteiger partial charge in [-0.25, -0.2) is 14.6 Å². The maximum absolute atomic E-state index is 10.6. The van der Waals surface area contributed by atoms with Crippen molar-refractivity contribution < 1.29 is 55.3 Å². The Balaban J connectivity index is 0.000000286. The molecule has 4 heterocycles. The molecule has 0 aromatic carbocycles. The van der Waals surface area contributed by atoms with E-state index in [-0.39, 0.29) is 5.41 Å². The summed E-state index contributed by atoms with van der Waals surface area (Å²) in [4.78, 5) is 27.2. The number of alkyl halides is 6. The first-order chi connectivity index (χ1) is 17.2. The lowest BCUT2D eigenvalue weighted by molar-refractivity contribution is -0.193. The number of aromatic nitrogens is 1. The number of hydrogen-bond donors (Lipinski definition) is 2. The molecule has 0 bridgehead atoms. The van der Waals surface area contributed by atoms with Gasteiger partial charge in [-0.05, 0) is 25.1 Å². The van der Waals surface area contributed by atoms with Crippen molar-refractivity contribution >= 4 is 23.3 Å². The van der Waals surface area contributed by atoms with E-state index in [1.807, 2.05) is 12.3 Å². The summed E-state index contributed by atoms with van der Waals surface area (Å²) >= 11 is 1.74. The fraction of sp³-hybridized carbons (Fsp3) is 0.571. The molecule has 0 radical (unpaired) electrons. The zero-order valence-electron chi connectivity index (χ0n) is 19.3. The van der Waals surface area contributed by atoms with Crippen molar-refractivity contribution in [2.24, 2.45) is 5.41 Å². The van der Waals surface area contributed by atoms with Crippen molar-refractivity contribution in [2.45, 2.75) is 31.9 Å². The van der Waals surface area contributed by atoms with Gasteiger partial charge in [-0.1, -0.05) is 0 Å². The van der Waals surface area contributed by atoms with Crippen molar-refractivity contribution in [1.82, 2.24) is 14.8 Å². The Bertz CT molecular complexity index is 947. The molecule has 4 rings (SSSR count). The van der Waals surface area contributed by atoms with Crippen LogP contribution < -0.4 is 0 Å². The highest BCUT2D eigenvalue weighted by Gasteiger charge is 2.41. The van der Waals surface area contributed by atoms with Gasteiger partial charge in [0.05, 0.1) is 32.6 Å². The van der Waals surface area contributed by atoms with E-state index in [2.05, 4.69) is 26.2 Å². The number of likely N-dealkylation sites (tertiary alicyclic amines) is 1. The van der Waals surface area contributed by atoms with E-state index in [4.69, 9.17) is 29.0 Å². The van der Waals surface area contributed by atoms with E-state index in [1.54, 1.807) is 17.6 Å². The Morgan fingerprint density at radius 3 is 2.11 bits per heavy atom. The molecule has 0 amide bonds. The van der Waals surface area contributed by atoms with Crippen molar-refractivity contribution in [3.05, 3.63) is 40.7 Å². The van der Waals surface area contributed by atoms with Gasteiger partial charge in [0.15, 0.2) is 0 Å². The van der Waals surface area contributed by atoms with Crippen LogP contribution in [0.5, 0.6) is 0 Å². The SMILES string of the molecule is O=C(O)C(F)(F)F.O=C(O)C(F)(F)F.c1coc(CN2CCC3(COCCN(Cc4nccs4)C3)C2)c1. The highest BCUT2D eigenvalue weighted by atomic mass is 32.1. The second kappa shape index (κ2) is 13.2. The average Bonchev–Trinajstić information content (AvgIpc) is 3.52. The number of carboxylic acids is 2. The lowest BCUT2D eigenvalue weighted by Crippen LogP contribution is -2.40. The smallest absolute Gasteiger partial charge is 0.475 e. The molecule has 208 valence electrons. The zero-order valence-corrected chi connectivity index (χ0v) is 20.1. The number of hydrogen-bond acceptors (Lipinski definition) is 8. The van der Waals surface area contributed by atoms with Gasteiger partial charge >= 0.3 is 24.3 Å². The fourth-order valence-corrected chi connectivity index (χ4v) is 4.43. The minimum absolute atomic E-state index is 0.250. The molecule has 37 heavy (non-hydrogen) atoms. The number of nitrogens with zero attached hydrogens (tertiary/aromatic N) is 3. The summed E-state index contributed by atoms with van der Waals surface area (Å²) in [6.45, 7) is 7.85. The second-order valence-corrected chi connectivity index (χ2v) is 9.31. The average molecular weight is 562 g/mol. The van der Waals surface area contributed by atoms with Crippen LogP contribution in [-0.2, 0) is 27.4 Å². The Morgan fingerprint density at radius 1 is 1.03 bits per heavy atom. The molecule has 2 aliphatic heterocycles. The molecule has 2 fully saturated rings. The number of rotatable bonds is 4. The third-order valence-corrected chi connectivity index (χ3v) is 6.09. The first-order valence-corrected chi connectivity index (χ1v) is 11.6. The normalized spacial score (nSPS) is 20.9. The number of thiazole rings is 1. The number of halogens is 6. The molecular formula is C21H25F6N3O6S. The predicted octanol–water partition coefficient (Wildman–Crippen LogP) is 3.73. The van der Waals surface area contributed by atoms with Gasteiger partial charge in [0.1, 0.15) is 10.8 Å². The quantitative estimate of drug-likeness (QED) is 0.539. The Kier molecular flexibility index (Phi) is 10.9. The summed E-state index contributed by atoms with van der Waals surface area (Å²) in [6, 6.07) is 4.02. The summed E-state index contributed by atoms with van der Waals surface area (Å²) in [5, 5.41) is 17.5. The highest BCUT2D eigenvalue weighted by Crippen LogP contribution is 2.34. The zero-order chi connectivity index (χ0) is 27.7. The lowest BCUT2D eigenvalue weighted by atomic mass is 9.87. The molecule has 2 saturated heterocycles. The molecule has 0 aliphatic carbocycles. The third-order valence-electron chi connectivity index (χ3n) is 5.32. The van der Waals surface area contributed by atoms with Gasteiger partial charge in [0, 0.05) is 36.6 Å². The number of furan rings is 1. The molecular weight excluding hydrogens is 536 g/mol. The molecule has 2 aliphatic rings. The monoisotopic (exact) mass is 561 g/mol. The predicted molar refractivity (Wildman–Crippen MR) is 117 cm³/mol. The van der Waals surface area contributed by atoms with E-state index < -0.39 is 24.3 Å². The molecule has 2 aromatic rings. The molecule has 16 heteroatoms. The van der Waals surface area contributed by atoms with Gasteiger partial charge in [0.2, 0.25) is 0 Å². The van der Waals surface area contributed by atoms with E-state index in [0.29, 0.717) is 0 Å². The molecule has 1 atom stereocenters. The van der Waals surface area contributed by atoms with E-state index in [1.165, 1.54) is 11.4 Å². The maximum Gasteiger partial charge on any atom is 0.490 e. The number of carboxylic acid groups (broad SMARTS) is 2. The van der Waals surface area contributed by atoms with Gasteiger partial charge in [-0.2, -0.15) is 26.3 Å². The van der Waals surface area contributed by atoms with E-state index in [9.17, 15) is 26.3 Å². The largest absolute Gasteiger partial charge is 0.490 e. The minimum atomic E-state index is -5.08.